The van der Waals surface area contributed by atoms with Crippen LogP contribution in [-0.2, 0) is 23.9 Å². The molecule has 0 bridgehead atoms. The minimum absolute atomic E-state index is 0.0999. The Bertz CT molecular complexity index is 1190. The Morgan fingerprint density at radius 3 is 2.02 bits per heavy atom. The quantitative estimate of drug-likeness (QED) is 0.140. The van der Waals surface area contributed by atoms with E-state index in [-0.39, 0.29) is 12.5 Å². The first-order valence-corrected chi connectivity index (χ1v) is 13.5. The number of hydrogen-bond acceptors (Lipinski definition) is 6. The lowest BCUT2D eigenvalue weighted by atomic mass is 9.99. The van der Waals surface area contributed by atoms with Gasteiger partial charge in [0.1, 0.15) is 0 Å². The number of unbranched alkanes of at least 4 members (excludes halogenated alkanes) is 2. The molecule has 2 rings (SSSR count). The van der Waals surface area contributed by atoms with Crippen LogP contribution in [0.5, 0.6) is 0 Å². The molecule has 4 N–H and O–H groups in total. The minimum atomic E-state index is -5.35. The number of nitrogens with one attached hydrogen (secondary N) is 4. The lowest BCUT2D eigenvalue weighted by Gasteiger charge is -2.19. The second kappa shape index (κ2) is 17.4. The van der Waals surface area contributed by atoms with Gasteiger partial charge in [-0.05, 0) is 36.0 Å². The van der Waals surface area contributed by atoms with Gasteiger partial charge in [0.05, 0.1) is 19.0 Å². The molecule has 0 fully saturated rings. The van der Waals surface area contributed by atoms with Crippen LogP contribution in [-0.4, -0.2) is 55.6 Å². The summed E-state index contributed by atoms with van der Waals surface area (Å²) < 4.78 is 41.5. The second-order valence-corrected chi connectivity index (χ2v) is 9.34. The average Bonchev–Trinajstić information content (AvgIpc) is 2.95. The number of carbonyl (C=O) groups is 5. The monoisotopic (exact) mass is 592 g/mol. The number of ether oxygens (including phenoxy) is 1. The molecule has 0 aliphatic carbocycles. The molecule has 10 nitrogen and oxygen atoms in total. The van der Waals surface area contributed by atoms with Crippen LogP contribution in [0.2, 0.25) is 0 Å². The van der Waals surface area contributed by atoms with E-state index >= 15 is 0 Å². The number of carbonyl (C=O) groups excluding carboxylic acids is 5. The van der Waals surface area contributed by atoms with Gasteiger partial charge in [-0.1, -0.05) is 67.9 Å². The van der Waals surface area contributed by atoms with Gasteiger partial charge in [-0.3, -0.25) is 14.4 Å². The Kier molecular flexibility index (Phi) is 14.0. The summed E-state index contributed by atoms with van der Waals surface area (Å²) in [6.45, 7) is 2.52. The predicted molar refractivity (Wildman–Crippen MR) is 148 cm³/mol. The highest BCUT2D eigenvalue weighted by Gasteiger charge is 2.42. The molecule has 1 atom stereocenters. The summed E-state index contributed by atoms with van der Waals surface area (Å²) in [7, 11) is 0. The number of alkyl halides is 3. The first-order valence-electron chi connectivity index (χ1n) is 13.5. The van der Waals surface area contributed by atoms with E-state index in [2.05, 4.69) is 26.0 Å². The van der Waals surface area contributed by atoms with Crippen molar-refractivity contribution in [2.45, 2.75) is 57.7 Å². The summed E-state index contributed by atoms with van der Waals surface area (Å²) in [6.07, 6.45) is -3.17. The first-order chi connectivity index (χ1) is 20.0. The van der Waals surface area contributed by atoms with Gasteiger partial charge in [0, 0.05) is 19.5 Å². The standard InChI is InChI=1S/C29H35F3N4O6/c1-2-3-16-33-28(41)34-17-8-7-11-24(37)35-19-25(38)36-23(18-26(39)42-27(40)29(30,31)32)22-14-12-21(13-15-22)20-9-5-4-6-10-20/h4-6,9-10,12-15,23H,2-3,7-8,11,16-19H2,1H3,(H,35,37)(H,36,38)(H2,33,34,41). The zero-order chi connectivity index (χ0) is 31.0. The van der Waals surface area contributed by atoms with Crippen LogP contribution in [0.3, 0.4) is 0 Å². The third kappa shape index (κ3) is 12.8. The highest BCUT2D eigenvalue weighted by molar-refractivity contribution is 5.89. The van der Waals surface area contributed by atoms with E-state index in [1.165, 1.54) is 0 Å². The van der Waals surface area contributed by atoms with Crippen molar-refractivity contribution in [3.8, 4) is 11.1 Å². The molecule has 0 aliphatic rings. The van der Waals surface area contributed by atoms with Crippen LogP contribution in [0.25, 0.3) is 11.1 Å². The van der Waals surface area contributed by atoms with Crippen molar-refractivity contribution in [3.05, 3.63) is 60.2 Å². The molecular formula is C29H35F3N4O6. The fourth-order valence-electron chi connectivity index (χ4n) is 3.73. The van der Waals surface area contributed by atoms with Crippen LogP contribution in [0.4, 0.5) is 18.0 Å². The van der Waals surface area contributed by atoms with Crippen molar-refractivity contribution < 1.29 is 41.9 Å². The molecule has 1 unspecified atom stereocenters. The Hall–Kier alpha value is -4.42. The number of rotatable bonds is 15. The van der Waals surface area contributed by atoms with E-state index in [9.17, 15) is 37.1 Å². The fraction of sp³-hybridized carbons (Fsp3) is 0.414. The molecule has 0 saturated carbocycles. The fourth-order valence-corrected chi connectivity index (χ4v) is 3.73. The lowest BCUT2D eigenvalue weighted by Crippen LogP contribution is -2.39. The highest BCUT2D eigenvalue weighted by Crippen LogP contribution is 2.24. The van der Waals surface area contributed by atoms with Gasteiger partial charge in [0.15, 0.2) is 0 Å². The van der Waals surface area contributed by atoms with Crippen molar-refractivity contribution in [1.29, 1.82) is 0 Å². The molecule has 42 heavy (non-hydrogen) atoms. The number of urea groups is 1. The number of halogens is 3. The highest BCUT2D eigenvalue weighted by atomic mass is 19.4. The molecule has 228 valence electrons. The van der Waals surface area contributed by atoms with Gasteiger partial charge in [0.25, 0.3) is 0 Å². The normalized spacial score (nSPS) is 11.6. The van der Waals surface area contributed by atoms with Crippen LogP contribution >= 0.6 is 0 Å². The van der Waals surface area contributed by atoms with Gasteiger partial charge >= 0.3 is 24.1 Å². The Labute approximate surface area is 241 Å². The van der Waals surface area contributed by atoms with Gasteiger partial charge in [0.2, 0.25) is 11.8 Å². The second-order valence-electron chi connectivity index (χ2n) is 9.34. The zero-order valence-corrected chi connectivity index (χ0v) is 23.2. The maximum absolute atomic E-state index is 12.6. The van der Waals surface area contributed by atoms with E-state index in [1.807, 2.05) is 37.3 Å². The Morgan fingerprint density at radius 1 is 0.786 bits per heavy atom. The van der Waals surface area contributed by atoms with Crippen LogP contribution in [0.1, 0.15) is 57.1 Å². The third-order valence-electron chi connectivity index (χ3n) is 5.94. The summed E-state index contributed by atoms with van der Waals surface area (Å²) in [5.74, 6) is -5.26. The van der Waals surface area contributed by atoms with Gasteiger partial charge in [-0.2, -0.15) is 13.2 Å². The van der Waals surface area contributed by atoms with E-state index in [0.29, 0.717) is 31.5 Å². The SMILES string of the molecule is CCCCNC(=O)NCCCCC(=O)NCC(=O)NC(CC(=O)OC(=O)C(F)(F)F)c1ccc(-c2ccccc2)cc1. The number of benzene rings is 2. The van der Waals surface area contributed by atoms with Gasteiger partial charge < -0.3 is 26.0 Å². The molecule has 0 aromatic heterocycles. The molecule has 0 heterocycles. The molecule has 0 radical (unpaired) electrons. The predicted octanol–water partition coefficient (Wildman–Crippen LogP) is 3.92. The molecule has 2 aromatic rings. The van der Waals surface area contributed by atoms with Crippen molar-refractivity contribution >= 4 is 29.8 Å². The maximum atomic E-state index is 12.6. The van der Waals surface area contributed by atoms with Gasteiger partial charge in [-0.25, -0.2) is 9.59 Å². The van der Waals surface area contributed by atoms with Crippen molar-refractivity contribution in [3.63, 3.8) is 0 Å². The van der Waals surface area contributed by atoms with E-state index in [4.69, 9.17) is 0 Å². The minimum Gasteiger partial charge on any atom is -0.386 e. The molecular weight excluding hydrogens is 557 g/mol. The zero-order valence-electron chi connectivity index (χ0n) is 23.2. The average molecular weight is 593 g/mol. The third-order valence-corrected chi connectivity index (χ3v) is 5.94. The van der Waals surface area contributed by atoms with E-state index in [1.54, 1.807) is 24.3 Å². The van der Waals surface area contributed by atoms with Crippen molar-refractivity contribution in [2.24, 2.45) is 0 Å². The van der Waals surface area contributed by atoms with E-state index < -0.39 is 48.9 Å². The molecule has 4 amide bonds. The Balaban J connectivity index is 1.90. The molecule has 0 aliphatic heterocycles. The number of esters is 2. The lowest BCUT2D eigenvalue weighted by molar-refractivity contribution is -0.202. The summed E-state index contributed by atoms with van der Waals surface area (Å²) >= 11 is 0. The largest absolute Gasteiger partial charge is 0.491 e. The number of hydrogen-bond donors (Lipinski definition) is 4. The Morgan fingerprint density at radius 2 is 1.40 bits per heavy atom. The topological polar surface area (TPSA) is 143 Å². The van der Waals surface area contributed by atoms with Crippen LogP contribution in [0, 0.1) is 0 Å². The summed E-state index contributed by atoms with van der Waals surface area (Å²) in [5.41, 5.74) is 2.09. The summed E-state index contributed by atoms with van der Waals surface area (Å²) in [5, 5.41) is 10.3. The van der Waals surface area contributed by atoms with Crippen molar-refractivity contribution in [1.82, 2.24) is 21.3 Å². The van der Waals surface area contributed by atoms with E-state index in [0.717, 1.165) is 24.0 Å². The molecule has 2 aromatic carbocycles. The van der Waals surface area contributed by atoms with Gasteiger partial charge in [-0.15, -0.1) is 0 Å². The van der Waals surface area contributed by atoms with Crippen LogP contribution in [0.15, 0.2) is 54.6 Å². The maximum Gasteiger partial charge on any atom is 0.491 e. The first kappa shape index (κ1) is 33.8. The van der Waals surface area contributed by atoms with Crippen LogP contribution < -0.4 is 21.3 Å². The molecule has 0 saturated heterocycles. The smallest absolute Gasteiger partial charge is 0.386 e. The number of amides is 4. The summed E-state index contributed by atoms with van der Waals surface area (Å²) in [4.78, 5) is 59.5. The molecule has 0 spiro atoms. The van der Waals surface area contributed by atoms with Crippen molar-refractivity contribution in [2.75, 3.05) is 19.6 Å². The molecule has 13 heteroatoms. The summed E-state index contributed by atoms with van der Waals surface area (Å²) in [6, 6.07) is 14.5.